The summed E-state index contributed by atoms with van der Waals surface area (Å²) in [7, 11) is -4.64. The monoisotopic (exact) mass is 410 g/mol. The van der Waals surface area contributed by atoms with Gasteiger partial charge in [-0.3, -0.25) is 13.7 Å². The molecular formula is C18H19FN2O4S2. The fourth-order valence-corrected chi connectivity index (χ4v) is 4.80. The van der Waals surface area contributed by atoms with Crippen molar-refractivity contribution in [1.29, 1.82) is 0 Å². The number of benzene rings is 2. The molecule has 0 aromatic heterocycles. The molecule has 1 saturated heterocycles. The highest BCUT2D eigenvalue weighted by molar-refractivity contribution is 7.92. The van der Waals surface area contributed by atoms with Crippen LogP contribution in [-0.4, -0.2) is 48.0 Å². The van der Waals surface area contributed by atoms with E-state index in [1.807, 2.05) is 0 Å². The van der Waals surface area contributed by atoms with Gasteiger partial charge in [0.1, 0.15) is 5.82 Å². The van der Waals surface area contributed by atoms with Gasteiger partial charge in [0.2, 0.25) is 5.91 Å². The van der Waals surface area contributed by atoms with Crippen LogP contribution in [0.4, 0.5) is 10.1 Å². The summed E-state index contributed by atoms with van der Waals surface area (Å²) in [4.78, 5) is 13.9. The summed E-state index contributed by atoms with van der Waals surface area (Å²) < 4.78 is 51.3. The van der Waals surface area contributed by atoms with Crippen LogP contribution in [0.15, 0.2) is 53.4 Å². The van der Waals surface area contributed by atoms with E-state index in [0.29, 0.717) is 30.3 Å². The molecule has 0 spiro atoms. The van der Waals surface area contributed by atoms with Crippen molar-refractivity contribution < 1.29 is 21.8 Å². The minimum atomic E-state index is -3.81. The van der Waals surface area contributed by atoms with E-state index in [-0.39, 0.29) is 17.2 Å². The van der Waals surface area contributed by atoms with Gasteiger partial charge in [-0.15, -0.1) is 0 Å². The maximum Gasteiger partial charge on any atom is 0.261 e. The van der Waals surface area contributed by atoms with Crippen molar-refractivity contribution in [2.75, 3.05) is 29.3 Å². The largest absolute Gasteiger partial charge is 0.341 e. The molecule has 1 aliphatic heterocycles. The Kier molecular flexibility index (Phi) is 5.91. The Morgan fingerprint density at radius 2 is 1.63 bits per heavy atom. The molecule has 2 aromatic carbocycles. The lowest BCUT2D eigenvalue weighted by molar-refractivity contribution is -0.130. The van der Waals surface area contributed by atoms with E-state index in [9.17, 15) is 21.8 Å². The van der Waals surface area contributed by atoms with Crippen LogP contribution < -0.4 is 4.72 Å². The van der Waals surface area contributed by atoms with Gasteiger partial charge in [-0.05, 0) is 42.0 Å². The summed E-state index contributed by atoms with van der Waals surface area (Å²) >= 11 is 0. The van der Waals surface area contributed by atoms with Crippen molar-refractivity contribution in [2.45, 2.75) is 11.3 Å². The molecule has 2 aromatic rings. The zero-order valence-electron chi connectivity index (χ0n) is 14.4. The third-order valence-electron chi connectivity index (χ3n) is 4.22. The highest BCUT2D eigenvalue weighted by Crippen LogP contribution is 2.17. The van der Waals surface area contributed by atoms with Crippen LogP contribution in [0.1, 0.15) is 5.56 Å². The lowest BCUT2D eigenvalue weighted by Crippen LogP contribution is -2.42. The number of anilines is 1. The van der Waals surface area contributed by atoms with Gasteiger partial charge in [0.15, 0.2) is 0 Å². The number of nitrogens with one attached hydrogen (secondary N) is 1. The Hall–Kier alpha value is -2.26. The molecule has 0 unspecified atom stereocenters. The summed E-state index contributed by atoms with van der Waals surface area (Å²) in [6.45, 7) is 1.00. The molecule has 3 rings (SSSR count). The maximum atomic E-state index is 12.9. The predicted octanol–water partition coefficient (Wildman–Crippen LogP) is 1.76. The fourth-order valence-electron chi connectivity index (χ4n) is 2.69. The van der Waals surface area contributed by atoms with Crippen molar-refractivity contribution in [2.24, 2.45) is 0 Å². The summed E-state index contributed by atoms with van der Waals surface area (Å²) in [6.07, 6.45) is 0.206. The number of nitrogens with zero attached hydrogens (tertiary/aromatic N) is 1. The Bertz CT molecular complexity index is 934. The fraction of sp³-hybridized carbons (Fsp3) is 0.278. The van der Waals surface area contributed by atoms with Crippen LogP contribution >= 0.6 is 0 Å². The standard InChI is InChI=1S/C18H19FN2O4S2/c19-15-3-7-17(8-4-15)27(24,25)20-16-5-1-14(2-6-16)13-18(22)21-9-11-26(23)12-10-21/h1-8,20H,9-13H2. The first-order chi connectivity index (χ1) is 12.8. The number of rotatable bonds is 5. The third kappa shape index (κ3) is 5.14. The predicted molar refractivity (Wildman–Crippen MR) is 102 cm³/mol. The van der Waals surface area contributed by atoms with E-state index in [4.69, 9.17) is 0 Å². The van der Waals surface area contributed by atoms with Crippen molar-refractivity contribution in [3.8, 4) is 0 Å². The SMILES string of the molecule is O=C(Cc1ccc(NS(=O)(=O)c2ccc(F)cc2)cc1)N1CCS(=O)CC1. The van der Waals surface area contributed by atoms with E-state index in [1.54, 1.807) is 29.2 Å². The Morgan fingerprint density at radius 1 is 1.04 bits per heavy atom. The van der Waals surface area contributed by atoms with Crippen LogP contribution in [0.3, 0.4) is 0 Å². The van der Waals surface area contributed by atoms with Crippen LogP contribution in [0.2, 0.25) is 0 Å². The lowest BCUT2D eigenvalue weighted by atomic mass is 10.1. The highest BCUT2D eigenvalue weighted by Gasteiger charge is 2.20. The quantitative estimate of drug-likeness (QED) is 0.814. The second-order valence-electron chi connectivity index (χ2n) is 6.16. The summed E-state index contributed by atoms with van der Waals surface area (Å²) in [6, 6.07) is 11.1. The molecule has 6 nitrogen and oxygen atoms in total. The molecule has 0 atom stereocenters. The molecule has 27 heavy (non-hydrogen) atoms. The minimum Gasteiger partial charge on any atom is -0.341 e. The maximum absolute atomic E-state index is 12.9. The van der Waals surface area contributed by atoms with Crippen LogP contribution in [0.5, 0.6) is 0 Å². The molecular weight excluding hydrogens is 391 g/mol. The number of carbonyl (C=O) groups is 1. The topological polar surface area (TPSA) is 83.6 Å². The Balaban J connectivity index is 1.62. The van der Waals surface area contributed by atoms with Crippen molar-refractivity contribution >= 4 is 32.4 Å². The van der Waals surface area contributed by atoms with Crippen molar-refractivity contribution in [3.05, 3.63) is 59.9 Å². The number of halogens is 1. The first-order valence-electron chi connectivity index (χ1n) is 8.33. The number of carbonyl (C=O) groups excluding carboxylic acids is 1. The third-order valence-corrected chi connectivity index (χ3v) is 6.89. The molecule has 1 N–H and O–H groups in total. The molecule has 0 radical (unpaired) electrons. The summed E-state index contributed by atoms with van der Waals surface area (Å²) in [5.41, 5.74) is 1.11. The van der Waals surface area contributed by atoms with Crippen LogP contribution in [0.25, 0.3) is 0 Å². The minimum absolute atomic E-state index is 0.0358. The van der Waals surface area contributed by atoms with E-state index >= 15 is 0 Å². The zero-order valence-corrected chi connectivity index (χ0v) is 16.1. The Morgan fingerprint density at radius 3 is 2.22 bits per heavy atom. The van der Waals surface area contributed by atoms with Gasteiger partial charge in [-0.2, -0.15) is 0 Å². The van der Waals surface area contributed by atoms with Crippen molar-refractivity contribution in [1.82, 2.24) is 4.90 Å². The van der Waals surface area contributed by atoms with Gasteiger partial charge in [0, 0.05) is 41.1 Å². The van der Waals surface area contributed by atoms with Gasteiger partial charge in [0.25, 0.3) is 10.0 Å². The van der Waals surface area contributed by atoms with Gasteiger partial charge < -0.3 is 4.90 Å². The number of sulfonamides is 1. The molecule has 144 valence electrons. The van der Waals surface area contributed by atoms with Crippen molar-refractivity contribution in [3.63, 3.8) is 0 Å². The lowest BCUT2D eigenvalue weighted by Gasteiger charge is -2.26. The first-order valence-corrected chi connectivity index (χ1v) is 11.3. The second-order valence-corrected chi connectivity index (χ2v) is 9.54. The molecule has 9 heteroatoms. The van der Waals surface area contributed by atoms with Gasteiger partial charge in [-0.1, -0.05) is 12.1 Å². The van der Waals surface area contributed by atoms with Crippen LogP contribution in [0, 0.1) is 5.82 Å². The Labute approximate surface area is 159 Å². The molecule has 1 fully saturated rings. The smallest absolute Gasteiger partial charge is 0.261 e. The van der Waals surface area contributed by atoms with Gasteiger partial charge in [0.05, 0.1) is 11.3 Å². The first kappa shape index (κ1) is 19.5. The molecule has 0 saturated carbocycles. The number of amides is 1. The summed E-state index contributed by atoms with van der Waals surface area (Å²) in [5.74, 6) is 0.473. The van der Waals surface area contributed by atoms with E-state index < -0.39 is 26.6 Å². The second kappa shape index (κ2) is 8.18. The normalized spacial score (nSPS) is 15.5. The van der Waals surface area contributed by atoms with E-state index in [0.717, 1.165) is 17.7 Å². The number of hydrogen-bond donors (Lipinski definition) is 1. The summed E-state index contributed by atoms with van der Waals surface area (Å²) in [5, 5.41) is 0. The average Bonchev–Trinajstić information content (AvgIpc) is 2.64. The average molecular weight is 410 g/mol. The molecule has 1 aliphatic rings. The molecule has 1 heterocycles. The van der Waals surface area contributed by atoms with Gasteiger partial charge >= 0.3 is 0 Å². The van der Waals surface area contributed by atoms with E-state index in [2.05, 4.69) is 4.72 Å². The zero-order chi connectivity index (χ0) is 19.4. The highest BCUT2D eigenvalue weighted by atomic mass is 32.2. The molecule has 0 bridgehead atoms. The molecule has 0 aliphatic carbocycles. The van der Waals surface area contributed by atoms with Crippen LogP contribution in [-0.2, 0) is 32.0 Å². The van der Waals surface area contributed by atoms with E-state index in [1.165, 1.54) is 12.1 Å². The van der Waals surface area contributed by atoms with Gasteiger partial charge in [-0.25, -0.2) is 12.8 Å². The number of hydrogen-bond acceptors (Lipinski definition) is 4. The molecule has 1 amide bonds.